The monoisotopic (exact) mass is 346 g/mol. The first-order valence-electron chi connectivity index (χ1n) is 7.84. The minimum atomic E-state index is -0.763. The smallest absolute Gasteiger partial charge is 0.231 e. The van der Waals surface area contributed by atoms with E-state index in [9.17, 15) is 5.11 Å². The molecule has 2 aromatic rings. The predicted octanol–water partition coefficient (Wildman–Crippen LogP) is 3.48. The molecule has 1 N–H and O–H groups in total. The largest absolute Gasteiger partial charge is 0.454 e. The van der Waals surface area contributed by atoms with E-state index in [4.69, 9.17) is 18.9 Å². The van der Waals surface area contributed by atoms with Gasteiger partial charge in [-0.05, 0) is 46.7 Å². The fourth-order valence-corrected chi connectivity index (χ4v) is 3.53. The lowest BCUT2D eigenvalue weighted by molar-refractivity contribution is 0.173. The van der Waals surface area contributed by atoms with Crippen molar-refractivity contribution in [2.24, 2.45) is 0 Å². The molecule has 2 aromatic carbocycles. The van der Waals surface area contributed by atoms with Crippen molar-refractivity contribution in [3.63, 3.8) is 0 Å². The molecule has 0 saturated carbocycles. The molecule has 0 fully saturated rings. The van der Waals surface area contributed by atoms with Gasteiger partial charge in [0.15, 0.2) is 23.0 Å². The van der Waals surface area contributed by atoms with Crippen molar-refractivity contribution in [2.45, 2.75) is 18.8 Å². The van der Waals surface area contributed by atoms with Gasteiger partial charge in [-0.25, -0.2) is 0 Å². The van der Waals surface area contributed by atoms with Gasteiger partial charge in [0.1, 0.15) is 6.10 Å². The Morgan fingerprint density at radius 3 is 2.38 bits per heavy atom. The van der Waals surface area contributed by atoms with Crippen molar-refractivity contribution < 1.29 is 24.1 Å². The lowest BCUT2D eigenvalue weighted by atomic mass is 9.96. The number of hydrogen-bond donors (Lipinski definition) is 1. The van der Waals surface area contributed by atoms with Crippen LogP contribution in [0.2, 0.25) is 0 Å². The fourth-order valence-electron chi connectivity index (χ4n) is 2.85. The van der Waals surface area contributed by atoms with Crippen molar-refractivity contribution >= 4 is 11.8 Å². The lowest BCUT2D eigenvalue weighted by Gasteiger charge is -2.17. The zero-order valence-electron chi connectivity index (χ0n) is 13.3. The summed E-state index contributed by atoms with van der Waals surface area (Å²) in [5, 5.41) is 10.9. The highest BCUT2D eigenvalue weighted by atomic mass is 32.2. The number of aliphatic hydroxyl groups is 1. The molecule has 0 saturated heterocycles. The molecule has 2 aliphatic rings. The van der Waals surface area contributed by atoms with Crippen LogP contribution in [0.4, 0.5) is 0 Å². The van der Waals surface area contributed by atoms with Crippen molar-refractivity contribution in [1.29, 1.82) is 0 Å². The normalized spacial score (nSPS) is 15.6. The van der Waals surface area contributed by atoms with Crippen LogP contribution in [0.5, 0.6) is 23.0 Å². The number of aliphatic hydroxyl groups excluding tert-OH is 1. The maximum absolute atomic E-state index is 10.9. The van der Waals surface area contributed by atoms with Gasteiger partial charge in [0.25, 0.3) is 0 Å². The Kier molecular flexibility index (Phi) is 4.16. The lowest BCUT2D eigenvalue weighted by Crippen LogP contribution is -2.04. The maximum Gasteiger partial charge on any atom is 0.231 e. The summed E-state index contributed by atoms with van der Waals surface area (Å²) < 4.78 is 21.7. The quantitative estimate of drug-likeness (QED) is 0.894. The number of ether oxygens (including phenoxy) is 4. The van der Waals surface area contributed by atoms with Gasteiger partial charge in [-0.15, -0.1) is 0 Å². The van der Waals surface area contributed by atoms with Crippen LogP contribution >= 0.6 is 11.8 Å². The van der Waals surface area contributed by atoms with Crippen LogP contribution in [-0.4, -0.2) is 24.4 Å². The van der Waals surface area contributed by atoms with Gasteiger partial charge in [-0.3, -0.25) is 0 Å². The Labute approximate surface area is 144 Å². The molecule has 1 atom stereocenters. The van der Waals surface area contributed by atoms with E-state index >= 15 is 0 Å². The topological polar surface area (TPSA) is 57.2 Å². The molecule has 2 heterocycles. The zero-order chi connectivity index (χ0) is 16.5. The van der Waals surface area contributed by atoms with E-state index in [1.807, 2.05) is 30.3 Å². The second-order valence-electron chi connectivity index (χ2n) is 5.56. The SMILES string of the molecule is CCSCc1cc2c(cc1C(O)c1ccc3c(c1)OCO3)OCO2. The standard InChI is InChI=1S/C18H18O5S/c1-2-24-8-12-6-16-17(23-10-22-16)7-13(12)18(19)11-3-4-14-15(5-11)21-9-20-14/h3-7,18-19H,2,8-10H2,1H3. The summed E-state index contributed by atoms with van der Waals surface area (Å²) in [6.07, 6.45) is -0.763. The Bertz CT molecular complexity index is 761. The Morgan fingerprint density at radius 2 is 1.62 bits per heavy atom. The highest BCUT2D eigenvalue weighted by molar-refractivity contribution is 7.98. The van der Waals surface area contributed by atoms with Crippen LogP contribution in [0, 0.1) is 0 Å². The van der Waals surface area contributed by atoms with Crippen LogP contribution < -0.4 is 18.9 Å². The minimum absolute atomic E-state index is 0.220. The number of thioether (sulfide) groups is 1. The number of benzene rings is 2. The Hall–Kier alpha value is -2.05. The Balaban J connectivity index is 1.71. The van der Waals surface area contributed by atoms with Gasteiger partial charge in [0.2, 0.25) is 13.6 Å². The molecule has 0 aromatic heterocycles. The average Bonchev–Trinajstić information content (AvgIpc) is 3.25. The van der Waals surface area contributed by atoms with E-state index in [1.54, 1.807) is 11.8 Å². The van der Waals surface area contributed by atoms with Gasteiger partial charge < -0.3 is 24.1 Å². The zero-order valence-corrected chi connectivity index (χ0v) is 14.1. The molecule has 0 spiro atoms. The van der Waals surface area contributed by atoms with Crippen LogP contribution in [0.25, 0.3) is 0 Å². The molecular weight excluding hydrogens is 328 g/mol. The van der Waals surface area contributed by atoms with E-state index in [-0.39, 0.29) is 13.6 Å². The van der Waals surface area contributed by atoms with Crippen LogP contribution in [0.1, 0.15) is 29.7 Å². The number of rotatable bonds is 5. The van der Waals surface area contributed by atoms with Crippen LogP contribution in [0.3, 0.4) is 0 Å². The third-order valence-electron chi connectivity index (χ3n) is 4.10. The molecular formula is C18H18O5S. The van der Waals surface area contributed by atoms with Gasteiger partial charge in [-0.1, -0.05) is 13.0 Å². The van der Waals surface area contributed by atoms with Gasteiger partial charge in [0, 0.05) is 5.75 Å². The van der Waals surface area contributed by atoms with E-state index in [2.05, 4.69) is 6.92 Å². The maximum atomic E-state index is 10.9. The van der Waals surface area contributed by atoms with Gasteiger partial charge >= 0.3 is 0 Å². The van der Waals surface area contributed by atoms with E-state index in [0.717, 1.165) is 33.9 Å². The molecule has 4 rings (SSSR count). The molecule has 1 unspecified atom stereocenters. The molecule has 0 bridgehead atoms. The van der Waals surface area contributed by atoms with Crippen LogP contribution in [-0.2, 0) is 5.75 Å². The number of hydrogen-bond acceptors (Lipinski definition) is 6. The summed E-state index contributed by atoms with van der Waals surface area (Å²) in [5.74, 6) is 4.60. The third-order valence-corrected chi connectivity index (χ3v) is 5.03. The van der Waals surface area contributed by atoms with Crippen molar-refractivity contribution in [1.82, 2.24) is 0 Å². The van der Waals surface area contributed by atoms with Gasteiger partial charge in [0.05, 0.1) is 0 Å². The minimum Gasteiger partial charge on any atom is -0.454 e. The molecule has 0 aliphatic carbocycles. The molecule has 126 valence electrons. The summed E-state index contributed by atoms with van der Waals surface area (Å²) in [7, 11) is 0. The molecule has 24 heavy (non-hydrogen) atoms. The molecule has 0 amide bonds. The second kappa shape index (κ2) is 6.45. The number of fused-ring (bicyclic) bond motifs is 2. The summed E-state index contributed by atoms with van der Waals surface area (Å²) in [6.45, 7) is 2.56. The van der Waals surface area contributed by atoms with Crippen molar-refractivity contribution in [3.8, 4) is 23.0 Å². The highest BCUT2D eigenvalue weighted by Crippen LogP contribution is 2.41. The van der Waals surface area contributed by atoms with E-state index in [0.29, 0.717) is 17.2 Å². The van der Waals surface area contributed by atoms with Crippen LogP contribution in [0.15, 0.2) is 30.3 Å². The molecule has 2 aliphatic heterocycles. The third kappa shape index (κ3) is 2.76. The fraction of sp³-hybridized carbons (Fsp3) is 0.333. The summed E-state index contributed by atoms with van der Waals surface area (Å²) in [4.78, 5) is 0. The highest BCUT2D eigenvalue weighted by Gasteiger charge is 2.23. The van der Waals surface area contributed by atoms with E-state index < -0.39 is 6.10 Å². The first kappa shape index (κ1) is 15.5. The second-order valence-corrected chi connectivity index (χ2v) is 6.83. The van der Waals surface area contributed by atoms with Gasteiger partial charge in [-0.2, -0.15) is 11.8 Å². The predicted molar refractivity (Wildman–Crippen MR) is 91.0 cm³/mol. The molecule has 5 nitrogen and oxygen atoms in total. The first-order valence-corrected chi connectivity index (χ1v) is 8.99. The van der Waals surface area contributed by atoms with E-state index in [1.165, 1.54) is 0 Å². The summed E-state index contributed by atoms with van der Waals surface area (Å²) in [5.41, 5.74) is 2.65. The molecule has 6 heteroatoms. The van der Waals surface area contributed by atoms with Crippen molar-refractivity contribution in [2.75, 3.05) is 19.3 Å². The average molecular weight is 346 g/mol. The molecule has 0 radical (unpaired) electrons. The van der Waals surface area contributed by atoms with Crippen molar-refractivity contribution in [3.05, 3.63) is 47.0 Å². The first-order chi connectivity index (χ1) is 11.8. The summed E-state index contributed by atoms with van der Waals surface area (Å²) >= 11 is 1.80. The summed E-state index contributed by atoms with van der Waals surface area (Å²) in [6, 6.07) is 9.36. The Morgan fingerprint density at radius 1 is 0.958 bits per heavy atom.